The second-order valence-electron chi connectivity index (χ2n) is 4.91. The van der Waals surface area contributed by atoms with Gasteiger partial charge in [-0.25, -0.2) is 0 Å². The Hall–Kier alpha value is -1.95. The molecule has 0 saturated heterocycles. The molecule has 5 nitrogen and oxygen atoms in total. The lowest BCUT2D eigenvalue weighted by Gasteiger charge is -2.22. The molecule has 0 bridgehead atoms. The third-order valence-corrected chi connectivity index (χ3v) is 4.57. The molecule has 6 heteroatoms. The molecule has 0 spiro atoms. The van der Waals surface area contributed by atoms with Crippen LogP contribution in [0.25, 0.3) is 15.5 Å². The maximum atomic E-state index is 5.82. The summed E-state index contributed by atoms with van der Waals surface area (Å²) in [6, 6.07) is 7.78. The van der Waals surface area contributed by atoms with Gasteiger partial charge < -0.3 is 5.73 Å². The van der Waals surface area contributed by atoms with E-state index >= 15 is 0 Å². The van der Waals surface area contributed by atoms with Crippen molar-refractivity contribution in [1.29, 1.82) is 0 Å². The summed E-state index contributed by atoms with van der Waals surface area (Å²) in [5.74, 6) is 1.54. The van der Waals surface area contributed by atoms with Gasteiger partial charge in [-0.2, -0.15) is 9.61 Å². The molecule has 0 atom stereocenters. The highest BCUT2D eigenvalue weighted by Crippen LogP contribution is 2.36. The second-order valence-corrected chi connectivity index (χ2v) is 5.87. The number of benzene rings is 1. The van der Waals surface area contributed by atoms with Crippen LogP contribution in [0.4, 0.5) is 5.69 Å². The second kappa shape index (κ2) is 4.03. The van der Waals surface area contributed by atoms with E-state index < -0.39 is 0 Å². The van der Waals surface area contributed by atoms with Gasteiger partial charge in [0.25, 0.3) is 0 Å². The molecular weight excluding hydrogens is 258 g/mol. The molecule has 19 heavy (non-hydrogen) atoms. The molecule has 0 radical (unpaired) electrons. The zero-order valence-electron chi connectivity index (χ0n) is 10.3. The van der Waals surface area contributed by atoms with Crippen molar-refractivity contribution in [3.8, 4) is 10.6 Å². The number of aromatic nitrogens is 4. The topological polar surface area (TPSA) is 69.1 Å². The van der Waals surface area contributed by atoms with Gasteiger partial charge in [0.05, 0.1) is 0 Å². The van der Waals surface area contributed by atoms with Crippen LogP contribution in [0.15, 0.2) is 24.3 Å². The van der Waals surface area contributed by atoms with Gasteiger partial charge in [-0.05, 0) is 25.0 Å². The summed E-state index contributed by atoms with van der Waals surface area (Å²) in [5.41, 5.74) is 7.61. The molecule has 4 rings (SSSR count). The SMILES string of the molecule is Nc1cccc(-c2nn3c(C4CCC4)nnc3s2)c1. The molecule has 96 valence electrons. The van der Waals surface area contributed by atoms with Gasteiger partial charge in [0.15, 0.2) is 5.82 Å². The Labute approximate surface area is 114 Å². The average molecular weight is 271 g/mol. The molecule has 2 heterocycles. The van der Waals surface area contributed by atoms with Crippen molar-refractivity contribution in [1.82, 2.24) is 19.8 Å². The molecule has 2 N–H and O–H groups in total. The number of anilines is 1. The fourth-order valence-electron chi connectivity index (χ4n) is 2.34. The van der Waals surface area contributed by atoms with Crippen LogP contribution >= 0.6 is 11.3 Å². The minimum Gasteiger partial charge on any atom is -0.399 e. The van der Waals surface area contributed by atoms with E-state index in [4.69, 9.17) is 5.73 Å². The van der Waals surface area contributed by atoms with Gasteiger partial charge in [-0.3, -0.25) is 0 Å². The van der Waals surface area contributed by atoms with Crippen molar-refractivity contribution < 1.29 is 0 Å². The number of nitrogens with zero attached hydrogens (tertiary/aromatic N) is 4. The van der Waals surface area contributed by atoms with Crippen molar-refractivity contribution in [2.24, 2.45) is 0 Å². The Kier molecular flexibility index (Phi) is 2.32. The smallest absolute Gasteiger partial charge is 0.234 e. The van der Waals surface area contributed by atoms with Crippen LogP contribution in [-0.2, 0) is 0 Å². The normalized spacial score (nSPS) is 15.8. The number of nitrogens with two attached hydrogens (primary N) is 1. The molecular formula is C13H13N5S. The van der Waals surface area contributed by atoms with E-state index in [9.17, 15) is 0 Å². The molecule has 1 aromatic carbocycles. The number of rotatable bonds is 2. The van der Waals surface area contributed by atoms with Gasteiger partial charge in [0.1, 0.15) is 5.01 Å². The lowest BCUT2D eigenvalue weighted by molar-refractivity contribution is 0.395. The van der Waals surface area contributed by atoms with E-state index in [0.29, 0.717) is 5.92 Å². The maximum absolute atomic E-state index is 5.82. The summed E-state index contributed by atoms with van der Waals surface area (Å²) in [6.45, 7) is 0. The summed E-state index contributed by atoms with van der Waals surface area (Å²) in [4.78, 5) is 0.860. The van der Waals surface area contributed by atoms with Crippen LogP contribution in [0.3, 0.4) is 0 Å². The van der Waals surface area contributed by atoms with Crippen LogP contribution in [0.2, 0.25) is 0 Å². The third kappa shape index (κ3) is 1.71. The first-order valence-electron chi connectivity index (χ1n) is 6.39. The minimum absolute atomic E-state index is 0.533. The Morgan fingerprint density at radius 3 is 2.89 bits per heavy atom. The lowest BCUT2D eigenvalue weighted by Crippen LogP contribution is -2.12. The molecule has 2 aromatic heterocycles. The van der Waals surface area contributed by atoms with Crippen LogP contribution in [-0.4, -0.2) is 19.8 Å². The minimum atomic E-state index is 0.533. The van der Waals surface area contributed by atoms with Gasteiger partial charge in [-0.15, -0.1) is 10.2 Å². The molecule has 0 unspecified atom stereocenters. The first-order valence-corrected chi connectivity index (χ1v) is 7.21. The lowest BCUT2D eigenvalue weighted by atomic mass is 9.85. The van der Waals surface area contributed by atoms with E-state index in [0.717, 1.165) is 27.0 Å². The number of nitrogen functional groups attached to an aromatic ring is 1. The standard InChI is InChI=1S/C13H13N5S/c14-10-6-2-5-9(7-10)12-17-18-11(8-3-1-4-8)15-16-13(18)19-12/h2,5-8H,1,3-4,14H2. The highest BCUT2D eigenvalue weighted by molar-refractivity contribution is 7.19. The zero-order valence-corrected chi connectivity index (χ0v) is 11.1. The van der Waals surface area contributed by atoms with E-state index in [1.165, 1.54) is 19.3 Å². The largest absolute Gasteiger partial charge is 0.399 e. The summed E-state index contributed by atoms with van der Waals surface area (Å²) in [5, 5.41) is 14.1. The van der Waals surface area contributed by atoms with Crippen LogP contribution in [0.5, 0.6) is 0 Å². The number of hydrogen-bond donors (Lipinski definition) is 1. The molecule has 0 amide bonds. The monoisotopic (exact) mass is 271 g/mol. The third-order valence-electron chi connectivity index (χ3n) is 3.62. The van der Waals surface area contributed by atoms with E-state index in [1.807, 2.05) is 28.8 Å². The Morgan fingerprint density at radius 1 is 1.26 bits per heavy atom. The number of hydrogen-bond acceptors (Lipinski definition) is 5. The van der Waals surface area contributed by atoms with E-state index in [-0.39, 0.29) is 0 Å². The van der Waals surface area contributed by atoms with E-state index in [2.05, 4.69) is 15.3 Å². The fraction of sp³-hybridized carbons (Fsp3) is 0.308. The van der Waals surface area contributed by atoms with Crippen molar-refractivity contribution in [2.75, 3.05) is 5.73 Å². The van der Waals surface area contributed by atoms with Crippen LogP contribution in [0.1, 0.15) is 31.0 Å². The Balaban J connectivity index is 1.81. The summed E-state index contributed by atoms with van der Waals surface area (Å²) >= 11 is 1.55. The van der Waals surface area contributed by atoms with Crippen molar-refractivity contribution in [3.05, 3.63) is 30.1 Å². The molecule has 0 aliphatic heterocycles. The Morgan fingerprint density at radius 2 is 2.16 bits per heavy atom. The van der Waals surface area contributed by atoms with Gasteiger partial charge in [0.2, 0.25) is 4.96 Å². The first-order chi connectivity index (χ1) is 9.31. The molecule has 1 aliphatic carbocycles. The molecule has 1 fully saturated rings. The first kappa shape index (κ1) is 10.9. The molecule has 3 aromatic rings. The molecule has 1 aliphatic rings. The molecule has 1 saturated carbocycles. The Bertz CT molecular complexity index is 740. The number of fused-ring (bicyclic) bond motifs is 1. The van der Waals surface area contributed by atoms with Gasteiger partial charge in [0, 0.05) is 17.2 Å². The van der Waals surface area contributed by atoms with Gasteiger partial charge in [-0.1, -0.05) is 29.9 Å². The highest BCUT2D eigenvalue weighted by atomic mass is 32.1. The van der Waals surface area contributed by atoms with Crippen molar-refractivity contribution in [2.45, 2.75) is 25.2 Å². The maximum Gasteiger partial charge on any atom is 0.234 e. The van der Waals surface area contributed by atoms with Gasteiger partial charge >= 0.3 is 0 Å². The predicted molar refractivity (Wildman–Crippen MR) is 75.1 cm³/mol. The highest BCUT2D eigenvalue weighted by Gasteiger charge is 2.26. The van der Waals surface area contributed by atoms with E-state index in [1.54, 1.807) is 11.3 Å². The van der Waals surface area contributed by atoms with Crippen molar-refractivity contribution >= 4 is 22.0 Å². The summed E-state index contributed by atoms with van der Waals surface area (Å²) in [6.07, 6.45) is 3.68. The zero-order chi connectivity index (χ0) is 12.8. The van der Waals surface area contributed by atoms with Crippen LogP contribution in [0, 0.1) is 0 Å². The predicted octanol–water partition coefficient (Wildman–Crippen LogP) is 2.70. The average Bonchev–Trinajstić information content (AvgIpc) is 2.89. The quantitative estimate of drug-likeness (QED) is 0.728. The fourth-order valence-corrected chi connectivity index (χ4v) is 3.18. The van der Waals surface area contributed by atoms with Crippen LogP contribution < -0.4 is 5.73 Å². The van der Waals surface area contributed by atoms with Crippen molar-refractivity contribution in [3.63, 3.8) is 0 Å². The summed E-state index contributed by atoms with van der Waals surface area (Å²) < 4.78 is 1.90. The summed E-state index contributed by atoms with van der Waals surface area (Å²) in [7, 11) is 0.